The summed E-state index contributed by atoms with van der Waals surface area (Å²) in [5.74, 6) is -0.951. The van der Waals surface area contributed by atoms with Crippen molar-refractivity contribution in [1.29, 1.82) is 0 Å². The van der Waals surface area contributed by atoms with Crippen LogP contribution in [0.2, 0.25) is 0 Å². The van der Waals surface area contributed by atoms with Crippen LogP contribution in [-0.4, -0.2) is 12.7 Å². The van der Waals surface area contributed by atoms with Crippen LogP contribution in [-0.2, 0) is 0 Å². The fraction of sp³-hybridized carbons (Fsp3) is 1.00. The van der Waals surface area contributed by atoms with E-state index in [-0.39, 0.29) is 18.8 Å². The lowest BCUT2D eigenvalue weighted by Gasteiger charge is -2.35. The van der Waals surface area contributed by atoms with Crippen LogP contribution in [0.25, 0.3) is 0 Å². The SMILES string of the molecule is NCC1CC(C(F)(F)F)C1. The molecule has 1 saturated carbocycles. The Kier molecular flexibility index (Phi) is 1.90. The van der Waals surface area contributed by atoms with Crippen LogP contribution >= 0.6 is 0 Å². The minimum Gasteiger partial charge on any atom is -0.330 e. The molecule has 1 aliphatic rings. The van der Waals surface area contributed by atoms with Crippen molar-refractivity contribution in [1.82, 2.24) is 0 Å². The van der Waals surface area contributed by atoms with Gasteiger partial charge in [0.25, 0.3) is 0 Å². The fourth-order valence-electron chi connectivity index (χ4n) is 1.20. The Hall–Kier alpha value is -0.250. The maximum Gasteiger partial charge on any atom is 0.391 e. The van der Waals surface area contributed by atoms with Crippen molar-refractivity contribution in [2.75, 3.05) is 6.54 Å². The predicted octanol–water partition coefficient (Wildman–Crippen LogP) is 1.53. The van der Waals surface area contributed by atoms with E-state index in [1.54, 1.807) is 0 Å². The number of hydrogen-bond acceptors (Lipinski definition) is 1. The Morgan fingerprint density at radius 3 is 2.10 bits per heavy atom. The van der Waals surface area contributed by atoms with E-state index in [1.165, 1.54) is 0 Å². The van der Waals surface area contributed by atoms with Crippen molar-refractivity contribution in [3.8, 4) is 0 Å². The fourth-order valence-corrected chi connectivity index (χ4v) is 1.20. The van der Waals surface area contributed by atoms with E-state index >= 15 is 0 Å². The highest BCUT2D eigenvalue weighted by Gasteiger charge is 2.47. The summed E-state index contributed by atoms with van der Waals surface area (Å²) in [4.78, 5) is 0. The van der Waals surface area contributed by atoms with Crippen molar-refractivity contribution >= 4 is 0 Å². The Morgan fingerprint density at radius 1 is 1.30 bits per heavy atom. The van der Waals surface area contributed by atoms with Crippen molar-refractivity contribution < 1.29 is 13.2 Å². The van der Waals surface area contributed by atoms with Crippen LogP contribution in [0.1, 0.15) is 12.8 Å². The zero-order valence-corrected chi connectivity index (χ0v) is 5.49. The second-order valence-corrected chi connectivity index (χ2v) is 2.81. The number of hydrogen-bond donors (Lipinski definition) is 1. The maximum atomic E-state index is 11.8. The summed E-state index contributed by atoms with van der Waals surface area (Å²) in [5, 5.41) is 0. The smallest absolute Gasteiger partial charge is 0.330 e. The molecule has 2 N–H and O–H groups in total. The molecule has 60 valence electrons. The Labute approximate surface area is 57.4 Å². The van der Waals surface area contributed by atoms with E-state index in [4.69, 9.17) is 5.73 Å². The first-order valence-corrected chi connectivity index (χ1v) is 3.31. The molecule has 1 aliphatic carbocycles. The van der Waals surface area contributed by atoms with Crippen LogP contribution in [0.4, 0.5) is 13.2 Å². The standard InChI is InChI=1S/C6H10F3N/c7-6(8,9)5-1-4(2-5)3-10/h4-5H,1-3,10H2. The Balaban J connectivity index is 2.26. The first-order chi connectivity index (χ1) is 4.54. The van der Waals surface area contributed by atoms with E-state index in [1.807, 2.05) is 0 Å². The monoisotopic (exact) mass is 153 g/mol. The molecular formula is C6H10F3N. The third kappa shape index (κ3) is 1.42. The zero-order valence-electron chi connectivity index (χ0n) is 5.49. The van der Waals surface area contributed by atoms with E-state index in [9.17, 15) is 13.2 Å². The van der Waals surface area contributed by atoms with Gasteiger partial charge in [0, 0.05) is 0 Å². The van der Waals surface area contributed by atoms with Gasteiger partial charge in [-0.2, -0.15) is 13.2 Å². The molecule has 0 spiro atoms. The van der Waals surface area contributed by atoms with Gasteiger partial charge < -0.3 is 5.73 Å². The third-order valence-corrected chi connectivity index (χ3v) is 2.03. The van der Waals surface area contributed by atoms with Gasteiger partial charge in [0.1, 0.15) is 0 Å². The van der Waals surface area contributed by atoms with E-state index in [0.717, 1.165) is 0 Å². The Bertz CT molecular complexity index is 115. The van der Waals surface area contributed by atoms with E-state index in [0.29, 0.717) is 6.54 Å². The van der Waals surface area contributed by atoms with Crippen LogP contribution in [0.3, 0.4) is 0 Å². The molecule has 4 heteroatoms. The molecule has 0 aliphatic heterocycles. The lowest BCUT2D eigenvalue weighted by molar-refractivity contribution is -0.203. The average molecular weight is 153 g/mol. The van der Waals surface area contributed by atoms with Crippen LogP contribution in [0.5, 0.6) is 0 Å². The van der Waals surface area contributed by atoms with Gasteiger partial charge in [0.2, 0.25) is 0 Å². The molecule has 0 saturated heterocycles. The molecule has 1 nitrogen and oxygen atoms in total. The molecule has 1 rings (SSSR count). The summed E-state index contributed by atoms with van der Waals surface area (Å²) in [6, 6.07) is 0. The van der Waals surface area contributed by atoms with Crippen LogP contribution in [0.15, 0.2) is 0 Å². The number of nitrogens with two attached hydrogens (primary N) is 1. The third-order valence-electron chi connectivity index (χ3n) is 2.03. The van der Waals surface area contributed by atoms with Crippen molar-refractivity contribution in [3.63, 3.8) is 0 Å². The maximum absolute atomic E-state index is 11.8. The van der Waals surface area contributed by atoms with Gasteiger partial charge in [0.05, 0.1) is 5.92 Å². The molecule has 10 heavy (non-hydrogen) atoms. The zero-order chi connectivity index (χ0) is 7.78. The summed E-state index contributed by atoms with van der Waals surface area (Å²) >= 11 is 0. The van der Waals surface area contributed by atoms with Crippen molar-refractivity contribution in [2.24, 2.45) is 17.6 Å². The molecule has 0 aromatic heterocycles. The van der Waals surface area contributed by atoms with Gasteiger partial charge in [-0.3, -0.25) is 0 Å². The second kappa shape index (κ2) is 2.42. The first kappa shape index (κ1) is 7.85. The second-order valence-electron chi connectivity index (χ2n) is 2.81. The number of alkyl halides is 3. The van der Waals surface area contributed by atoms with Gasteiger partial charge in [-0.1, -0.05) is 0 Å². The normalized spacial score (nSPS) is 33.6. The minimum atomic E-state index is -3.98. The molecule has 0 amide bonds. The highest BCUT2D eigenvalue weighted by atomic mass is 19.4. The van der Waals surface area contributed by atoms with Gasteiger partial charge in [-0.25, -0.2) is 0 Å². The quantitative estimate of drug-likeness (QED) is 0.607. The topological polar surface area (TPSA) is 26.0 Å². The van der Waals surface area contributed by atoms with Crippen molar-refractivity contribution in [2.45, 2.75) is 19.0 Å². The summed E-state index contributed by atoms with van der Waals surface area (Å²) in [6.07, 6.45) is -3.51. The molecule has 0 aromatic rings. The summed E-state index contributed by atoms with van der Waals surface area (Å²) in [6.45, 7) is 0.395. The van der Waals surface area contributed by atoms with E-state index < -0.39 is 12.1 Å². The van der Waals surface area contributed by atoms with Gasteiger partial charge in [-0.15, -0.1) is 0 Å². The molecular weight excluding hydrogens is 143 g/mol. The molecule has 0 aromatic carbocycles. The lowest BCUT2D eigenvalue weighted by Crippen LogP contribution is -2.38. The lowest BCUT2D eigenvalue weighted by atomic mass is 9.74. The van der Waals surface area contributed by atoms with Crippen LogP contribution < -0.4 is 5.73 Å². The van der Waals surface area contributed by atoms with Gasteiger partial charge in [0.15, 0.2) is 0 Å². The predicted molar refractivity (Wildman–Crippen MR) is 31.3 cm³/mol. The van der Waals surface area contributed by atoms with Crippen molar-refractivity contribution in [3.05, 3.63) is 0 Å². The highest BCUT2D eigenvalue weighted by Crippen LogP contribution is 2.43. The summed E-state index contributed by atoms with van der Waals surface area (Å²) in [5.41, 5.74) is 5.17. The van der Waals surface area contributed by atoms with E-state index in [2.05, 4.69) is 0 Å². The largest absolute Gasteiger partial charge is 0.391 e. The highest BCUT2D eigenvalue weighted by molar-refractivity contribution is 4.84. The number of rotatable bonds is 1. The first-order valence-electron chi connectivity index (χ1n) is 3.31. The average Bonchev–Trinajstić information content (AvgIpc) is 1.57. The summed E-state index contributed by atoms with van der Waals surface area (Å²) < 4.78 is 35.3. The Morgan fingerprint density at radius 2 is 1.80 bits per heavy atom. The minimum absolute atomic E-state index is 0.117. The molecule has 0 unspecified atom stereocenters. The molecule has 0 heterocycles. The van der Waals surface area contributed by atoms with Gasteiger partial charge >= 0.3 is 6.18 Å². The molecule has 0 bridgehead atoms. The molecule has 0 atom stereocenters. The van der Waals surface area contributed by atoms with Crippen LogP contribution in [0, 0.1) is 11.8 Å². The molecule has 1 fully saturated rings. The number of halogens is 3. The van der Waals surface area contributed by atoms with Gasteiger partial charge in [-0.05, 0) is 25.3 Å². The summed E-state index contributed by atoms with van der Waals surface area (Å²) in [7, 11) is 0. The molecule has 0 radical (unpaired) electrons.